The van der Waals surface area contributed by atoms with E-state index in [0.717, 1.165) is 25.8 Å². The first-order chi connectivity index (χ1) is 7.75. The number of nitrogens with one attached hydrogen (secondary N) is 1. The van der Waals surface area contributed by atoms with Gasteiger partial charge in [-0.25, -0.2) is 4.79 Å². The molecule has 0 aromatic carbocycles. The van der Waals surface area contributed by atoms with Crippen LogP contribution in [0.3, 0.4) is 0 Å². The average molecular weight is 233 g/mol. The molecular formula is C12H27NO3. The number of esters is 1. The van der Waals surface area contributed by atoms with E-state index in [4.69, 9.17) is 9.47 Å². The van der Waals surface area contributed by atoms with E-state index >= 15 is 0 Å². The molecule has 0 unspecified atom stereocenters. The third kappa shape index (κ3) is 4.10. The lowest BCUT2D eigenvalue weighted by molar-refractivity contribution is -0.172. The van der Waals surface area contributed by atoms with Gasteiger partial charge in [-0.15, -0.1) is 0 Å². The molecule has 0 aromatic rings. The van der Waals surface area contributed by atoms with Crippen LogP contribution >= 0.6 is 0 Å². The fraction of sp³-hybridized carbons (Fsp3) is 0.917. The zero-order valence-electron chi connectivity index (χ0n) is 11.0. The lowest BCUT2D eigenvalue weighted by Crippen LogP contribution is -2.54. The number of carbonyl (C=O) groups excluding carboxylic acids is 1. The van der Waals surface area contributed by atoms with Crippen molar-refractivity contribution in [3.8, 4) is 0 Å². The zero-order chi connectivity index (χ0) is 12.4. The summed E-state index contributed by atoms with van der Waals surface area (Å²) in [5.41, 5.74) is -0.733. The van der Waals surface area contributed by atoms with Gasteiger partial charge in [0.15, 0.2) is 5.60 Å². The van der Waals surface area contributed by atoms with Crippen molar-refractivity contribution in [1.82, 2.24) is 5.32 Å². The van der Waals surface area contributed by atoms with Crippen LogP contribution in [0.5, 0.6) is 0 Å². The predicted molar refractivity (Wildman–Crippen MR) is 66.6 cm³/mol. The largest absolute Gasteiger partial charge is 0.467 e. The number of piperidine rings is 1. The van der Waals surface area contributed by atoms with Gasteiger partial charge in [0, 0.05) is 14.6 Å². The van der Waals surface area contributed by atoms with Gasteiger partial charge in [-0.2, -0.15) is 0 Å². The summed E-state index contributed by atoms with van der Waals surface area (Å²) < 4.78 is 10.4. The van der Waals surface area contributed by atoms with Crippen LogP contribution in [0.25, 0.3) is 0 Å². The van der Waals surface area contributed by atoms with Crippen LogP contribution in [0.1, 0.15) is 41.5 Å². The highest BCUT2D eigenvalue weighted by atomic mass is 16.6. The molecule has 0 aromatic heterocycles. The van der Waals surface area contributed by atoms with Crippen molar-refractivity contribution in [2.24, 2.45) is 0 Å². The number of hydrogen-bond donors (Lipinski definition) is 1. The minimum absolute atomic E-state index is 0. The minimum Gasteiger partial charge on any atom is -0.467 e. The maximum Gasteiger partial charge on any atom is 0.339 e. The average Bonchev–Trinajstić information content (AvgIpc) is 2.39. The molecule has 1 atom stereocenters. The summed E-state index contributed by atoms with van der Waals surface area (Å²) in [6, 6.07) is 0. The fourth-order valence-electron chi connectivity index (χ4n) is 1.72. The zero-order valence-corrected chi connectivity index (χ0v) is 11.0. The van der Waals surface area contributed by atoms with Crippen LogP contribution in [-0.2, 0) is 14.3 Å². The molecule has 0 bridgehead atoms. The van der Waals surface area contributed by atoms with Crippen molar-refractivity contribution < 1.29 is 15.7 Å². The van der Waals surface area contributed by atoms with E-state index < -0.39 is 5.60 Å². The predicted octanol–water partition coefficient (Wildman–Crippen LogP) is 1.98. The molecule has 1 rings (SSSR count). The van der Waals surface area contributed by atoms with E-state index in [9.17, 15) is 4.79 Å². The smallest absolute Gasteiger partial charge is 0.339 e. The third-order valence-corrected chi connectivity index (χ3v) is 2.48. The van der Waals surface area contributed by atoms with E-state index in [-0.39, 0.29) is 7.40 Å². The number of ether oxygens (including phenoxy) is 2. The second kappa shape index (κ2) is 8.53. The summed E-state index contributed by atoms with van der Waals surface area (Å²) in [6.45, 7) is 8.16. The molecule has 0 saturated carbocycles. The van der Waals surface area contributed by atoms with E-state index in [1.807, 2.05) is 20.8 Å². The Balaban J connectivity index is 0. The first-order valence-electron chi connectivity index (χ1n) is 6.18. The highest BCUT2D eigenvalue weighted by Crippen LogP contribution is 2.22. The summed E-state index contributed by atoms with van der Waals surface area (Å²) >= 11 is 0. The molecule has 98 valence electrons. The summed E-state index contributed by atoms with van der Waals surface area (Å²) in [7, 11) is 1.41. The van der Waals surface area contributed by atoms with Gasteiger partial charge >= 0.3 is 5.97 Å². The van der Waals surface area contributed by atoms with Crippen LogP contribution < -0.4 is 5.32 Å². The minimum atomic E-state index is -0.733. The van der Waals surface area contributed by atoms with Gasteiger partial charge in [0.05, 0.1) is 7.11 Å². The van der Waals surface area contributed by atoms with Crippen molar-refractivity contribution in [2.75, 3.05) is 26.8 Å². The standard InChI is InChI=1S/C10H19NO3.C2H6.H2/c1-3-7-14-10(9(12)13-2)5-4-6-11-8-10;1-2;/h11H,3-8H2,1-2H3;1-2H3;1H/t10-;;/m0../s1. The molecule has 1 aliphatic heterocycles. The van der Waals surface area contributed by atoms with Gasteiger partial charge in [0.2, 0.25) is 0 Å². The lowest BCUT2D eigenvalue weighted by Gasteiger charge is -2.34. The highest BCUT2D eigenvalue weighted by Gasteiger charge is 2.41. The summed E-state index contributed by atoms with van der Waals surface area (Å²) in [5.74, 6) is -0.252. The van der Waals surface area contributed by atoms with Gasteiger partial charge in [0.25, 0.3) is 0 Å². The molecule has 1 fully saturated rings. The van der Waals surface area contributed by atoms with Crippen molar-refractivity contribution >= 4 is 5.97 Å². The Morgan fingerprint density at radius 2 is 2.19 bits per heavy atom. The molecule has 0 spiro atoms. The normalized spacial score (nSPS) is 24.2. The second-order valence-corrected chi connectivity index (χ2v) is 3.61. The Morgan fingerprint density at radius 1 is 1.50 bits per heavy atom. The van der Waals surface area contributed by atoms with Crippen LogP contribution in [0.15, 0.2) is 0 Å². The van der Waals surface area contributed by atoms with Gasteiger partial charge in [0.1, 0.15) is 0 Å². The van der Waals surface area contributed by atoms with Gasteiger partial charge in [-0.1, -0.05) is 20.8 Å². The monoisotopic (exact) mass is 233 g/mol. The highest BCUT2D eigenvalue weighted by molar-refractivity contribution is 5.80. The molecule has 1 aliphatic rings. The maximum absolute atomic E-state index is 11.6. The molecule has 1 saturated heterocycles. The molecule has 0 radical (unpaired) electrons. The van der Waals surface area contributed by atoms with Crippen molar-refractivity contribution in [3.63, 3.8) is 0 Å². The van der Waals surface area contributed by atoms with E-state index in [1.165, 1.54) is 7.11 Å². The van der Waals surface area contributed by atoms with Crippen LogP contribution in [0.2, 0.25) is 0 Å². The Morgan fingerprint density at radius 3 is 2.62 bits per heavy atom. The van der Waals surface area contributed by atoms with E-state index in [1.54, 1.807) is 0 Å². The summed E-state index contributed by atoms with van der Waals surface area (Å²) in [5, 5.41) is 3.17. The Bertz CT molecular complexity index is 194. The van der Waals surface area contributed by atoms with Crippen molar-refractivity contribution in [1.29, 1.82) is 0 Å². The molecule has 1 heterocycles. The van der Waals surface area contributed by atoms with E-state index in [0.29, 0.717) is 13.2 Å². The molecular weight excluding hydrogens is 206 g/mol. The number of rotatable bonds is 4. The fourth-order valence-corrected chi connectivity index (χ4v) is 1.72. The topological polar surface area (TPSA) is 47.6 Å². The number of methoxy groups -OCH3 is 1. The van der Waals surface area contributed by atoms with Gasteiger partial charge < -0.3 is 14.8 Å². The van der Waals surface area contributed by atoms with Crippen molar-refractivity contribution in [3.05, 3.63) is 0 Å². The van der Waals surface area contributed by atoms with Gasteiger partial charge in [-0.3, -0.25) is 0 Å². The molecule has 1 N–H and O–H groups in total. The second-order valence-electron chi connectivity index (χ2n) is 3.61. The van der Waals surface area contributed by atoms with Crippen LogP contribution in [0, 0.1) is 0 Å². The number of carbonyl (C=O) groups is 1. The molecule has 0 amide bonds. The molecule has 4 nitrogen and oxygen atoms in total. The SMILES string of the molecule is CC.CCCO[C@@]1(C(=O)OC)CCCNC1.[HH]. The van der Waals surface area contributed by atoms with Gasteiger partial charge in [-0.05, 0) is 25.8 Å². The van der Waals surface area contributed by atoms with Crippen molar-refractivity contribution in [2.45, 2.75) is 45.6 Å². The molecule has 16 heavy (non-hydrogen) atoms. The van der Waals surface area contributed by atoms with E-state index in [2.05, 4.69) is 5.32 Å². The lowest BCUT2D eigenvalue weighted by atomic mass is 9.94. The molecule has 4 heteroatoms. The molecule has 0 aliphatic carbocycles. The maximum atomic E-state index is 11.6. The first-order valence-corrected chi connectivity index (χ1v) is 6.18. The summed E-state index contributed by atoms with van der Waals surface area (Å²) in [6.07, 6.45) is 2.63. The Hall–Kier alpha value is -0.610. The third-order valence-electron chi connectivity index (χ3n) is 2.48. The first kappa shape index (κ1) is 15.4. The summed E-state index contributed by atoms with van der Waals surface area (Å²) in [4.78, 5) is 11.6. The van der Waals surface area contributed by atoms with Crippen LogP contribution in [0.4, 0.5) is 0 Å². The number of hydrogen-bond acceptors (Lipinski definition) is 4. The Labute approximate surface area is 100 Å². The van der Waals surface area contributed by atoms with Crippen LogP contribution in [-0.4, -0.2) is 38.4 Å². The Kier molecular flexibility index (Phi) is 8.21. The quantitative estimate of drug-likeness (QED) is 0.754.